The summed E-state index contributed by atoms with van der Waals surface area (Å²) < 4.78 is 34.1. The van der Waals surface area contributed by atoms with Crippen molar-refractivity contribution in [3.8, 4) is 5.75 Å². The second kappa shape index (κ2) is 8.64. The first-order chi connectivity index (χ1) is 16.0. The SMILES string of the molecule is COc1ccc(/C(O)=C2/C(=O)C(=O)N(c3ccc(S(N)(=O)=O)cc3)C2c2ccc(C)o2)cc1Cl. The number of sulfonamides is 1. The van der Waals surface area contributed by atoms with Crippen LogP contribution in [0.2, 0.25) is 5.02 Å². The standard InChI is InChI=1S/C23H19ClN2O7S/c1-12-3-9-18(33-12)20-19(21(27)13-4-10-17(32-2)16(24)11-13)22(28)23(29)26(20)14-5-7-15(8-6-14)34(25,30)31/h3-11,20,27H,1-2H3,(H2,25,30,31)/b21-19-. The molecule has 11 heteroatoms. The monoisotopic (exact) mass is 502 g/mol. The Bertz CT molecular complexity index is 1440. The van der Waals surface area contributed by atoms with Gasteiger partial charge in [-0.25, -0.2) is 13.6 Å². The number of ketones is 1. The number of benzene rings is 2. The Balaban J connectivity index is 1.90. The van der Waals surface area contributed by atoms with E-state index in [1.165, 1.54) is 49.6 Å². The molecule has 4 rings (SSSR count). The highest BCUT2D eigenvalue weighted by atomic mass is 35.5. The summed E-state index contributed by atoms with van der Waals surface area (Å²) in [6, 6.07) is 11.7. The van der Waals surface area contributed by atoms with Gasteiger partial charge in [-0.05, 0) is 61.5 Å². The van der Waals surface area contributed by atoms with Crippen LogP contribution >= 0.6 is 11.6 Å². The number of nitrogens with two attached hydrogens (primary N) is 1. The number of ether oxygens (including phenoxy) is 1. The molecular weight excluding hydrogens is 484 g/mol. The van der Waals surface area contributed by atoms with Crippen LogP contribution in [0.3, 0.4) is 0 Å². The number of nitrogens with zero attached hydrogens (tertiary/aromatic N) is 1. The number of carbonyl (C=O) groups is 2. The number of halogens is 1. The van der Waals surface area contributed by atoms with Crippen molar-refractivity contribution in [3.63, 3.8) is 0 Å². The van der Waals surface area contributed by atoms with Crippen molar-refractivity contribution in [3.05, 3.63) is 82.3 Å². The van der Waals surface area contributed by atoms with Crippen LogP contribution in [0.4, 0.5) is 5.69 Å². The zero-order valence-electron chi connectivity index (χ0n) is 18.0. The van der Waals surface area contributed by atoms with E-state index in [1.54, 1.807) is 19.1 Å². The Labute approximate surface area is 200 Å². The van der Waals surface area contributed by atoms with Gasteiger partial charge in [0.15, 0.2) is 0 Å². The topological polar surface area (TPSA) is 140 Å². The van der Waals surface area contributed by atoms with Gasteiger partial charge in [0, 0.05) is 11.3 Å². The number of hydrogen-bond acceptors (Lipinski definition) is 7. The molecule has 34 heavy (non-hydrogen) atoms. The molecule has 176 valence electrons. The van der Waals surface area contributed by atoms with E-state index in [0.717, 1.165) is 4.90 Å². The molecule has 9 nitrogen and oxygen atoms in total. The number of aryl methyl sites for hydroxylation is 1. The van der Waals surface area contributed by atoms with Crippen molar-refractivity contribution in [2.24, 2.45) is 5.14 Å². The van der Waals surface area contributed by atoms with E-state index < -0.39 is 33.5 Å². The van der Waals surface area contributed by atoms with Gasteiger partial charge >= 0.3 is 0 Å². The van der Waals surface area contributed by atoms with Crippen LogP contribution in [0, 0.1) is 6.92 Å². The van der Waals surface area contributed by atoms with Crippen LogP contribution < -0.4 is 14.8 Å². The normalized spacial score (nSPS) is 17.9. The maximum absolute atomic E-state index is 13.1. The van der Waals surface area contributed by atoms with Crippen LogP contribution in [0.25, 0.3) is 5.76 Å². The Morgan fingerprint density at radius 1 is 1.12 bits per heavy atom. The van der Waals surface area contributed by atoms with E-state index in [-0.39, 0.29) is 32.5 Å². The molecule has 1 aromatic heterocycles. The molecule has 1 fully saturated rings. The van der Waals surface area contributed by atoms with Gasteiger partial charge in [-0.3, -0.25) is 14.5 Å². The first-order valence-electron chi connectivity index (χ1n) is 9.87. The third-order valence-electron chi connectivity index (χ3n) is 5.34. The zero-order chi connectivity index (χ0) is 24.8. The van der Waals surface area contributed by atoms with E-state index in [1.807, 2.05) is 0 Å². The van der Waals surface area contributed by atoms with Gasteiger partial charge < -0.3 is 14.3 Å². The molecule has 0 bridgehead atoms. The molecule has 0 saturated carbocycles. The number of amides is 1. The summed E-state index contributed by atoms with van der Waals surface area (Å²) in [7, 11) is -2.52. The molecule has 3 aromatic rings. The molecule has 2 aromatic carbocycles. The molecule has 3 N–H and O–H groups in total. The molecule has 0 radical (unpaired) electrons. The molecule has 1 atom stereocenters. The van der Waals surface area contributed by atoms with E-state index >= 15 is 0 Å². The third-order valence-corrected chi connectivity index (χ3v) is 6.57. The van der Waals surface area contributed by atoms with Gasteiger partial charge in [0.2, 0.25) is 10.0 Å². The van der Waals surface area contributed by atoms with Crippen LogP contribution in [-0.4, -0.2) is 32.3 Å². The summed E-state index contributed by atoms with van der Waals surface area (Å²) in [5.74, 6) is -1.20. The maximum Gasteiger partial charge on any atom is 0.300 e. The largest absolute Gasteiger partial charge is 0.507 e. The number of methoxy groups -OCH3 is 1. The van der Waals surface area contributed by atoms with Gasteiger partial charge in [0.25, 0.3) is 11.7 Å². The molecule has 0 spiro atoms. The summed E-state index contributed by atoms with van der Waals surface area (Å²) in [5, 5.41) is 16.4. The quantitative estimate of drug-likeness (QED) is 0.309. The van der Waals surface area contributed by atoms with Crippen molar-refractivity contribution < 1.29 is 32.3 Å². The summed E-state index contributed by atoms with van der Waals surface area (Å²) in [5.41, 5.74) is 0.193. The second-order valence-corrected chi connectivity index (χ2v) is 9.47. The van der Waals surface area contributed by atoms with Crippen molar-refractivity contribution in [2.45, 2.75) is 17.9 Å². The fraction of sp³-hybridized carbons (Fsp3) is 0.130. The molecule has 2 heterocycles. The number of primary sulfonamides is 1. The number of aliphatic hydroxyl groups excluding tert-OH is 1. The van der Waals surface area contributed by atoms with Gasteiger partial charge in [0.05, 0.1) is 22.6 Å². The van der Waals surface area contributed by atoms with Crippen molar-refractivity contribution in [1.82, 2.24) is 0 Å². The number of carbonyl (C=O) groups excluding carboxylic acids is 2. The summed E-state index contributed by atoms with van der Waals surface area (Å²) >= 11 is 6.18. The number of aliphatic hydroxyl groups is 1. The molecule has 1 unspecified atom stereocenters. The first-order valence-corrected chi connectivity index (χ1v) is 11.8. The van der Waals surface area contributed by atoms with E-state index in [2.05, 4.69) is 0 Å². The van der Waals surface area contributed by atoms with Gasteiger partial charge in [-0.2, -0.15) is 0 Å². The van der Waals surface area contributed by atoms with Crippen molar-refractivity contribution in [2.75, 3.05) is 12.0 Å². The van der Waals surface area contributed by atoms with Crippen molar-refractivity contribution >= 4 is 44.8 Å². The van der Waals surface area contributed by atoms with Crippen LogP contribution in [-0.2, 0) is 19.6 Å². The molecule has 1 saturated heterocycles. The van der Waals surface area contributed by atoms with Crippen LogP contribution in [0.15, 0.2) is 69.5 Å². The number of furan rings is 1. The molecule has 1 aliphatic heterocycles. The second-order valence-electron chi connectivity index (χ2n) is 7.51. The molecular formula is C23H19ClN2O7S. The van der Waals surface area contributed by atoms with Gasteiger partial charge in [-0.1, -0.05) is 11.6 Å². The maximum atomic E-state index is 13.1. The fourth-order valence-corrected chi connectivity index (χ4v) is 4.51. The van der Waals surface area contributed by atoms with Gasteiger partial charge in [0.1, 0.15) is 29.1 Å². The van der Waals surface area contributed by atoms with E-state index in [9.17, 15) is 23.1 Å². The summed E-state index contributed by atoms with van der Waals surface area (Å²) in [6.45, 7) is 1.69. The number of Topliss-reactive ketones (excluding diaryl/α,β-unsaturated/α-hetero) is 1. The van der Waals surface area contributed by atoms with E-state index in [4.69, 9.17) is 25.9 Å². The minimum Gasteiger partial charge on any atom is -0.507 e. The lowest BCUT2D eigenvalue weighted by molar-refractivity contribution is -0.132. The number of rotatable bonds is 5. The average molecular weight is 503 g/mol. The summed E-state index contributed by atoms with van der Waals surface area (Å²) in [4.78, 5) is 27.2. The lowest BCUT2D eigenvalue weighted by atomic mass is 9.99. The highest BCUT2D eigenvalue weighted by Gasteiger charge is 2.48. The highest BCUT2D eigenvalue weighted by Crippen LogP contribution is 2.43. The lowest BCUT2D eigenvalue weighted by Gasteiger charge is -2.23. The number of anilines is 1. The van der Waals surface area contributed by atoms with Crippen LogP contribution in [0.1, 0.15) is 23.1 Å². The van der Waals surface area contributed by atoms with Crippen LogP contribution in [0.5, 0.6) is 5.75 Å². The highest BCUT2D eigenvalue weighted by molar-refractivity contribution is 7.89. The number of hydrogen-bond donors (Lipinski definition) is 2. The lowest BCUT2D eigenvalue weighted by Crippen LogP contribution is -2.29. The third kappa shape index (κ3) is 4.07. The molecule has 1 amide bonds. The minimum atomic E-state index is -3.96. The van der Waals surface area contributed by atoms with Crippen molar-refractivity contribution in [1.29, 1.82) is 0 Å². The average Bonchev–Trinajstić information content (AvgIpc) is 3.33. The Kier molecular flexibility index (Phi) is 5.98. The first kappa shape index (κ1) is 23.6. The Morgan fingerprint density at radius 2 is 1.79 bits per heavy atom. The summed E-state index contributed by atoms with van der Waals surface area (Å²) in [6.07, 6.45) is 0. The molecule has 1 aliphatic rings. The smallest absolute Gasteiger partial charge is 0.300 e. The predicted molar refractivity (Wildman–Crippen MR) is 124 cm³/mol. The van der Waals surface area contributed by atoms with E-state index in [0.29, 0.717) is 11.5 Å². The predicted octanol–water partition coefficient (Wildman–Crippen LogP) is 3.52. The molecule has 0 aliphatic carbocycles. The Morgan fingerprint density at radius 3 is 2.32 bits per heavy atom. The minimum absolute atomic E-state index is 0.161. The zero-order valence-corrected chi connectivity index (χ0v) is 19.6. The van der Waals surface area contributed by atoms with Gasteiger partial charge in [-0.15, -0.1) is 0 Å². The fourth-order valence-electron chi connectivity index (χ4n) is 3.73. The Hall–Kier alpha value is -3.60.